The van der Waals surface area contributed by atoms with Gasteiger partial charge in [-0.05, 0) is 24.6 Å². The molecule has 130 valence electrons. The minimum atomic E-state index is -0.0966. The van der Waals surface area contributed by atoms with Crippen LogP contribution in [0.15, 0.2) is 35.8 Å². The van der Waals surface area contributed by atoms with Gasteiger partial charge in [0.15, 0.2) is 4.96 Å². The number of thiazole rings is 1. The summed E-state index contributed by atoms with van der Waals surface area (Å²) < 4.78 is 7.23. The van der Waals surface area contributed by atoms with Crippen LogP contribution in [0.2, 0.25) is 0 Å². The van der Waals surface area contributed by atoms with Crippen LogP contribution in [0.25, 0.3) is 4.96 Å². The van der Waals surface area contributed by atoms with Crippen LogP contribution in [0, 0.1) is 6.92 Å². The summed E-state index contributed by atoms with van der Waals surface area (Å²) in [6.45, 7) is 5.77. The van der Waals surface area contributed by atoms with Crippen LogP contribution in [-0.2, 0) is 11.3 Å². The molecule has 1 aromatic carbocycles. The maximum atomic E-state index is 12.5. The molecule has 1 aliphatic heterocycles. The number of anilines is 1. The number of ether oxygens (including phenoxy) is 1. The van der Waals surface area contributed by atoms with Gasteiger partial charge >= 0.3 is 0 Å². The highest BCUT2D eigenvalue weighted by molar-refractivity contribution is 7.15. The van der Waals surface area contributed by atoms with Gasteiger partial charge in [0.2, 0.25) is 0 Å². The average Bonchev–Trinajstić information content (AvgIpc) is 3.21. The molecule has 25 heavy (non-hydrogen) atoms. The van der Waals surface area contributed by atoms with E-state index in [-0.39, 0.29) is 5.91 Å². The monoisotopic (exact) mass is 356 g/mol. The molecule has 6 nitrogen and oxygen atoms in total. The maximum Gasteiger partial charge on any atom is 0.270 e. The van der Waals surface area contributed by atoms with Crippen molar-refractivity contribution in [2.45, 2.75) is 13.5 Å². The third-order valence-corrected chi connectivity index (χ3v) is 5.17. The Morgan fingerprint density at radius 1 is 1.28 bits per heavy atom. The highest BCUT2D eigenvalue weighted by Crippen LogP contribution is 2.18. The second-order valence-corrected chi connectivity index (χ2v) is 6.92. The number of carbonyl (C=O) groups is 1. The van der Waals surface area contributed by atoms with Crippen molar-refractivity contribution in [3.63, 3.8) is 0 Å². The number of rotatable bonds is 4. The zero-order valence-corrected chi connectivity index (χ0v) is 14.9. The average molecular weight is 356 g/mol. The van der Waals surface area contributed by atoms with Crippen molar-refractivity contribution in [2.24, 2.45) is 0 Å². The molecule has 1 amide bonds. The van der Waals surface area contributed by atoms with Crippen LogP contribution in [0.1, 0.15) is 21.7 Å². The molecule has 1 fully saturated rings. The Morgan fingerprint density at radius 3 is 2.80 bits per heavy atom. The van der Waals surface area contributed by atoms with Crippen LogP contribution in [0.3, 0.4) is 0 Å². The SMILES string of the molecule is Cc1nc2sccn2c1C(=O)NCc1ccc(N2CCOCC2)cc1. The first-order valence-corrected chi connectivity index (χ1v) is 9.22. The van der Waals surface area contributed by atoms with Gasteiger partial charge in [-0.2, -0.15) is 0 Å². The Balaban J connectivity index is 1.41. The minimum Gasteiger partial charge on any atom is -0.378 e. The van der Waals surface area contributed by atoms with Gasteiger partial charge in [0.25, 0.3) is 5.91 Å². The molecule has 4 rings (SSSR count). The lowest BCUT2D eigenvalue weighted by Crippen LogP contribution is -2.36. The van der Waals surface area contributed by atoms with E-state index in [0.717, 1.165) is 42.5 Å². The zero-order chi connectivity index (χ0) is 17.2. The fourth-order valence-electron chi connectivity index (χ4n) is 3.08. The second kappa shape index (κ2) is 6.85. The van der Waals surface area contributed by atoms with E-state index in [1.807, 2.05) is 22.9 Å². The van der Waals surface area contributed by atoms with Crippen LogP contribution >= 0.6 is 11.3 Å². The van der Waals surface area contributed by atoms with Crippen molar-refractivity contribution >= 4 is 27.9 Å². The Labute approximate surface area is 150 Å². The third-order valence-electron chi connectivity index (χ3n) is 4.42. The predicted octanol–water partition coefficient (Wildman–Crippen LogP) is 2.47. The van der Waals surface area contributed by atoms with Crippen LogP contribution in [-0.4, -0.2) is 41.6 Å². The van der Waals surface area contributed by atoms with Gasteiger partial charge < -0.3 is 15.0 Å². The van der Waals surface area contributed by atoms with Gasteiger partial charge in [0, 0.05) is 36.9 Å². The second-order valence-electron chi connectivity index (χ2n) is 6.05. The Bertz CT molecular complexity index is 878. The standard InChI is InChI=1S/C18H20N4O2S/c1-13-16(22-8-11-25-18(22)20-13)17(23)19-12-14-2-4-15(5-3-14)21-6-9-24-10-7-21/h2-5,8,11H,6-7,9-10,12H2,1H3,(H,19,23). The van der Waals surface area contributed by atoms with E-state index in [9.17, 15) is 4.79 Å². The summed E-state index contributed by atoms with van der Waals surface area (Å²) in [5.41, 5.74) is 3.65. The van der Waals surface area contributed by atoms with Crippen molar-refractivity contribution in [1.29, 1.82) is 0 Å². The number of morpholine rings is 1. The summed E-state index contributed by atoms with van der Waals surface area (Å²) in [5.74, 6) is -0.0966. The Morgan fingerprint density at radius 2 is 2.04 bits per heavy atom. The lowest BCUT2D eigenvalue weighted by atomic mass is 10.2. The number of amides is 1. The number of benzene rings is 1. The first-order valence-electron chi connectivity index (χ1n) is 8.34. The zero-order valence-electron chi connectivity index (χ0n) is 14.1. The summed E-state index contributed by atoms with van der Waals surface area (Å²) >= 11 is 1.53. The molecule has 7 heteroatoms. The van der Waals surface area contributed by atoms with E-state index < -0.39 is 0 Å². The molecular weight excluding hydrogens is 336 g/mol. The van der Waals surface area contributed by atoms with E-state index >= 15 is 0 Å². The first kappa shape index (κ1) is 16.1. The number of nitrogens with one attached hydrogen (secondary N) is 1. The topological polar surface area (TPSA) is 58.9 Å². The molecule has 1 saturated heterocycles. The quantitative estimate of drug-likeness (QED) is 0.780. The molecule has 0 aliphatic carbocycles. The number of imidazole rings is 1. The number of nitrogens with zero attached hydrogens (tertiary/aromatic N) is 3. The van der Waals surface area contributed by atoms with E-state index in [0.29, 0.717) is 12.2 Å². The summed E-state index contributed by atoms with van der Waals surface area (Å²) in [7, 11) is 0. The number of hydrogen-bond acceptors (Lipinski definition) is 5. The molecule has 2 aromatic heterocycles. The number of aryl methyl sites for hydroxylation is 1. The van der Waals surface area contributed by atoms with E-state index in [4.69, 9.17) is 4.74 Å². The van der Waals surface area contributed by atoms with Crippen molar-refractivity contribution in [3.05, 3.63) is 52.8 Å². The molecule has 0 bridgehead atoms. The van der Waals surface area contributed by atoms with Gasteiger partial charge in [0.05, 0.1) is 18.9 Å². The normalized spacial score (nSPS) is 14.8. The van der Waals surface area contributed by atoms with Gasteiger partial charge in [-0.15, -0.1) is 11.3 Å². The van der Waals surface area contributed by atoms with E-state index in [2.05, 4.69) is 39.5 Å². The maximum absolute atomic E-state index is 12.5. The third kappa shape index (κ3) is 3.25. The summed E-state index contributed by atoms with van der Waals surface area (Å²) in [6.07, 6.45) is 1.88. The first-order chi connectivity index (χ1) is 12.2. The van der Waals surface area contributed by atoms with Crippen molar-refractivity contribution in [3.8, 4) is 0 Å². The van der Waals surface area contributed by atoms with Gasteiger partial charge in [-0.3, -0.25) is 9.20 Å². The predicted molar refractivity (Wildman–Crippen MR) is 98.5 cm³/mol. The lowest BCUT2D eigenvalue weighted by molar-refractivity contribution is 0.0944. The van der Waals surface area contributed by atoms with Crippen molar-refractivity contribution in [1.82, 2.24) is 14.7 Å². The molecular formula is C18H20N4O2S. The number of carbonyl (C=O) groups excluding carboxylic acids is 1. The van der Waals surface area contributed by atoms with Gasteiger partial charge in [0.1, 0.15) is 5.69 Å². The van der Waals surface area contributed by atoms with Crippen LogP contribution in [0.5, 0.6) is 0 Å². The molecule has 0 saturated carbocycles. The molecule has 3 heterocycles. The van der Waals surface area contributed by atoms with Gasteiger partial charge in [-0.25, -0.2) is 4.98 Å². The highest BCUT2D eigenvalue weighted by Gasteiger charge is 2.17. The molecule has 0 spiro atoms. The Hall–Kier alpha value is -2.38. The fraction of sp³-hybridized carbons (Fsp3) is 0.333. The molecule has 0 unspecified atom stereocenters. The molecule has 1 N–H and O–H groups in total. The van der Waals surface area contributed by atoms with Crippen molar-refractivity contribution < 1.29 is 9.53 Å². The summed E-state index contributed by atoms with van der Waals surface area (Å²) in [6, 6.07) is 8.34. The molecule has 0 radical (unpaired) electrons. The van der Waals surface area contributed by atoms with E-state index in [1.54, 1.807) is 0 Å². The minimum absolute atomic E-state index is 0.0966. The summed E-state index contributed by atoms with van der Waals surface area (Å²) in [5, 5.41) is 4.93. The smallest absolute Gasteiger partial charge is 0.270 e. The van der Waals surface area contributed by atoms with Crippen molar-refractivity contribution in [2.75, 3.05) is 31.2 Å². The molecule has 0 atom stereocenters. The molecule has 1 aliphatic rings. The number of fused-ring (bicyclic) bond motifs is 1. The fourth-order valence-corrected chi connectivity index (χ4v) is 3.84. The number of hydrogen-bond donors (Lipinski definition) is 1. The van der Waals surface area contributed by atoms with Crippen LogP contribution < -0.4 is 10.2 Å². The van der Waals surface area contributed by atoms with Crippen LogP contribution in [0.4, 0.5) is 5.69 Å². The lowest BCUT2D eigenvalue weighted by Gasteiger charge is -2.28. The molecule has 3 aromatic rings. The largest absolute Gasteiger partial charge is 0.378 e. The summed E-state index contributed by atoms with van der Waals surface area (Å²) in [4.78, 5) is 20.1. The van der Waals surface area contributed by atoms with E-state index in [1.165, 1.54) is 17.0 Å². The Kier molecular flexibility index (Phi) is 4.42. The highest BCUT2D eigenvalue weighted by atomic mass is 32.1. The van der Waals surface area contributed by atoms with Gasteiger partial charge in [-0.1, -0.05) is 12.1 Å². The number of aromatic nitrogens is 2.